The number of ether oxygens (including phenoxy) is 1. The summed E-state index contributed by atoms with van der Waals surface area (Å²) >= 11 is 0. The van der Waals surface area contributed by atoms with Crippen LogP contribution in [0.5, 0.6) is 5.75 Å². The van der Waals surface area contributed by atoms with E-state index in [1.165, 1.54) is 12.1 Å². The Balaban J connectivity index is 1.88. The highest BCUT2D eigenvalue weighted by molar-refractivity contribution is 7.91. The quantitative estimate of drug-likeness (QED) is 0.843. The van der Waals surface area contributed by atoms with Gasteiger partial charge in [0.2, 0.25) is 5.91 Å². The Morgan fingerprint density at radius 1 is 1.04 bits per heavy atom. The molecule has 0 aliphatic rings. The SMILES string of the molecule is COc1ccccc1CNC(=O)CCS(=O)(=O)c1ccccc1. The molecule has 122 valence electrons. The number of hydrogen-bond acceptors (Lipinski definition) is 4. The summed E-state index contributed by atoms with van der Waals surface area (Å²) in [5.74, 6) is 0.162. The summed E-state index contributed by atoms with van der Waals surface area (Å²) in [5.41, 5.74) is 0.842. The van der Waals surface area contributed by atoms with Crippen LogP contribution in [0.15, 0.2) is 59.5 Å². The lowest BCUT2D eigenvalue weighted by molar-refractivity contribution is -0.120. The van der Waals surface area contributed by atoms with Gasteiger partial charge in [0, 0.05) is 18.5 Å². The van der Waals surface area contributed by atoms with Gasteiger partial charge in [-0.25, -0.2) is 8.42 Å². The Morgan fingerprint density at radius 3 is 2.39 bits per heavy atom. The van der Waals surface area contributed by atoms with E-state index in [1.807, 2.05) is 18.2 Å². The topological polar surface area (TPSA) is 72.5 Å². The Labute approximate surface area is 136 Å². The number of amides is 1. The minimum atomic E-state index is -3.44. The zero-order valence-electron chi connectivity index (χ0n) is 12.9. The molecule has 0 fully saturated rings. The van der Waals surface area contributed by atoms with Gasteiger partial charge in [-0.05, 0) is 18.2 Å². The standard InChI is InChI=1S/C17H19NO4S/c1-22-16-10-6-5-7-14(16)13-18-17(19)11-12-23(20,21)15-8-3-2-4-9-15/h2-10H,11-13H2,1H3,(H,18,19). The Bertz CT molecular complexity index is 757. The highest BCUT2D eigenvalue weighted by Crippen LogP contribution is 2.17. The van der Waals surface area contributed by atoms with Crippen molar-refractivity contribution >= 4 is 15.7 Å². The van der Waals surface area contributed by atoms with Gasteiger partial charge in [-0.2, -0.15) is 0 Å². The van der Waals surface area contributed by atoms with E-state index in [-0.39, 0.29) is 23.0 Å². The number of hydrogen-bond donors (Lipinski definition) is 1. The first-order valence-electron chi connectivity index (χ1n) is 7.19. The van der Waals surface area contributed by atoms with E-state index in [9.17, 15) is 13.2 Å². The Hall–Kier alpha value is -2.34. The van der Waals surface area contributed by atoms with Crippen LogP contribution < -0.4 is 10.1 Å². The zero-order valence-corrected chi connectivity index (χ0v) is 13.7. The van der Waals surface area contributed by atoms with Gasteiger partial charge < -0.3 is 10.1 Å². The molecule has 0 saturated heterocycles. The average molecular weight is 333 g/mol. The maximum Gasteiger partial charge on any atom is 0.221 e. The molecule has 0 unspecified atom stereocenters. The van der Waals surface area contributed by atoms with Gasteiger partial charge >= 0.3 is 0 Å². The first-order chi connectivity index (χ1) is 11.0. The summed E-state index contributed by atoms with van der Waals surface area (Å²) in [5, 5.41) is 2.71. The summed E-state index contributed by atoms with van der Waals surface area (Å²) < 4.78 is 29.4. The predicted molar refractivity (Wildman–Crippen MR) is 88.0 cm³/mol. The van der Waals surface area contributed by atoms with Crippen LogP contribution in [0, 0.1) is 0 Å². The van der Waals surface area contributed by atoms with Crippen LogP contribution in [0.3, 0.4) is 0 Å². The van der Waals surface area contributed by atoms with Gasteiger partial charge in [-0.3, -0.25) is 4.79 Å². The number of carbonyl (C=O) groups is 1. The highest BCUT2D eigenvalue weighted by atomic mass is 32.2. The van der Waals surface area contributed by atoms with Crippen molar-refractivity contribution in [2.24, 2.45) is 0 Å². The van der Waals surface area contributed by atoms with Crippen LogP contribution in [0.2, 0.25) is 0 Å². The second kappa shape index (κ2) is 7.78. The summed E-state index contributed by atoms with van der Waals surface area (Å²) in [6.45, 7) is 0.300. The fourth-order valence-electron chi connectivity index (χ4n) is 2.10. The molecule has 1 amide bonds. The fourth-order valence-corrected chi connectivity index (χ4v) is 3.37. The average Bonchev–Trinajstić information content (AvgIpc) is 2.59. The van der Waals surface area contributed by atoms with Crippen molar-refractivity contribution in [3.63, 3.8) is 0 Å². The van der Waals surface area contributed by atoms with Crippen molar-refractivity contribution in [3.05, 3.63) is 60.2 Å². The maximum atomic E-state index is 12.1. The molecule has 0 spiro atoms. The van der Waals surface area contributed by atoms with Crippen LogP contribution in [-0.2, 0) is 21.2 Å². The monoisotopic (exact) mass is 333 g/mol. The summed E-state index contributed by atoms with van der Waals surface area (Å²) in [7, 11) is -1.87. The second-order valence-electron chi connectivity index (χ2n) is 4.97. The van der Waals surface area contributed by atoms with Gasteiger partial charge in [0.25, 0.3) is 0 Å². The lowest BCUT2D eigenvalue weighted by atomic mass is 10.2. The molecule has 5 nitrogen and oxygen atoms in total. The lowest BCUT2D eigenvalue weighted by Gasteiger charge is -2.09. The van der Waals surface area contributed by atoms with Crippen LogP contribution >= 0.6 is 0 Å². The van der Waals surface area contributed by atoms with E-state index < -0.39 is 9.84 Å². The molecule has 0 aromatic heterocycles. The molecule has 0 saturated carbocycles. The predicted octanol–water partition coefficient (Wildman–Crippen LogP) is 2.18. The highest BCUT2D eigenvalue weighted by Gasteiger charge is 2.16. The van der Waals surface area contributed by atoms with E-state index in [2.05, 4.69) is 5.32 Å². The third-order valence-electron chi connectivity index (χ3n) is 3.37. The minimum absolute atomic E-state index is 0.0770. The number of rotatable bonds is 7. The van der Waals surface area contributed by atoms with Crippen molar-refractivity contribution in [1.29, 1.82) is 0 Å². The molecule has 0 aliphatic carbocycles. The molecule has 0 radical (unpaired) electrons. The molecule has 0 heterocycles. The summed E-state index contributed by atoms with van der Waals surface area (Å²) in [4.78, 5) is 12.1. The molecule has 6 heteroatoms. The zero-order chi connectivity index (χ0) is 16.7. The van der Waals surface area contributed by atoms with E-state index >= 15 is 0 Å². The minimum Gasteiger partial charge on any atom is -0.496 e. The normalized spacial score (nSPS) is 11.0. The van der Waals surface area contributed by atoms with E-state index in [0.29, 0.717) is 12.3 Å². The van der Waals surface area contributed by atoms with Crippen molar-refractivity contribution < 1.29 is 17.9 Å². The number of sulfone groups is 1. The summed E-state index contributed by atoms with van der Waals surface area (Å²) in [6.07, 6.45) is -0.0770. The van der Waals surface area contributed by atoms with Gasteiger partial charge in [-0.15, -0.1) is 0 Å². The number of nitrogens with one attached hydrogen (secondary N) is 1. The number of carbonyl (C=O) groups excluding carboxylic acids is 1. The fraction of sp³-hybridized carbons (Fsp3) is 0.235. The van der Waals surface area contributed by atoms with Gasteiger partial charge in [0.05, 0.1) is 17.8 Å². The first kappa shape index (κ1) is 17.0. The molecule has 0 bridgehead atoms. The van der Waals surface area contributed by atoms with Crippen LogP contribution in [0.25, 0.3) is 0 Å². The van der Waals surface area contributed by atoms with Gasteiger partial charge in [0.15, 0.2) is 9.84 Å². The molecular weight excluding hydrogens is 314 g/mol. The number of para-hydroxylation sites is 1. The Kier molecular flexibility index (Phi) is 5.76. The van der Waals surface area contributed by atoms with Crippen molar-refractivity contribution in [3.8, 4) is 5.75 Å². The molecule has 2 aromatic rings. The van der Waals surface area contributed by atoms with Crippen LogP contribution in [0.4, 0.5) is 0 Å². The second-order valence-corrected chi connectivity index (χ2v) is 7.08. The molecular formula is C17H19NO4S. The Morgan fingerprint density at radius 2 is 1.70 bits per heavy atom. The van der Waals surface area contributed by atoms with Crippen molar-refractivity contribution in [1.82, 2.24) is 5.32 Å². The largest absolute Gasteiger partial charge is 0.496 e. The van der Waals surface area contributed by atoms with E-state index in [0.717, 1.165) is 5.56 Å². The molecule has 23 heavy (non-hydrogen) atoms. The van der Waals surface area contributed by atoms with Gasteiger partial charge in [0.1, 0.15) is 5.75 Å². The summed E-state index contributed by atoms with van der Waals surface area (Å²) in [6, 6.07) is 15.5. The number of methoxy groups -OCH3 is 1. The molecule has 0 aliphatic heterocycles. The first-order valence-corrected chi connectivity index (χ1v) is 8.84. The third kappa shape index (κ3) is 4.82. The molecule has 0 atom stereocenters. The molecule has 1 N–H and O–H groups in total. The van der Waals surface area contributed by atoms with E-state index in [1.54, 1.807) is 31.4 Å². The van der Waals surface area contributed by atoms with Crippen molar-refractivity contribution in [2.45, 2.75) is 17.9 Å². The van der Waals surface area contributed by atoms with Crippen molar-refractivity contribution in [2.75, 3.05) is 12.9 Å². The van der Waals surface area contributed by atoms with Crippen LogP contribution in [0.1, 0.15) is 12.0 Å². The molecule has 2 aromatic carbocycles. The van der Waals surface area contributed by atoms with E-state index in [4.69, 9.17) is 4.74 Å². The molecule has 2 rings (SSSR count). The van der Waals surface area contributed by atoms with Gasteiger partial charge in [-0.1, -0.05) is 36.4 Å². The third-order valence-corrected chi connectivity index (χ3v) is 5.10. The smallest absolute Gasteiger partial charge is 0.221 e. The number of benzene rings is 2. The van der Waals surface area contributed by atoms with Crippen LogP contribution in [-0.4, -0.2) is 27.2 Å². The lowest BCUT2D eigenvalue weighted by Crippen LogP contribution is -2.25. The maximum absolute atomic E-state index is 12.1.